The molecule has 1 heterocycles. The average molecular weight is 685 g/mol. The lowest BCUT2D eigenvalue weighted by Gasteiger charge is -2.34. The SMILES string of the molecule is C/C(=N\NC(=O)c1ccc(S(N)(=O)=O)cc1)c1ccc(N2C(=O)C3C(C2=O)C2(Cl)C(Cl)=C(Cl)C3(Cl)C2(Cl)Cl)cc1. The fourth-order valence-electron chi connectivity index (χ4n) is 5.16. The summed E-state index contributed by atoms with van der Waals surface area (Å²) in [5.74, 6) is -4.45. The molecule has 3 amide bonds. The first-order valence-corrected chi connectivity index (χ1v) is 15.1. The van der Waals surface area contributed by atoms with Gasteiger partial charge >= 0.3 is 0 Å². The second-order valence-corrected chi connectivity index (χ2v) is 14.2. The van der Waals surface area contributed by atoms with E-state index in [2.05, 4.69) is 10.5 Å². The van der Waals surface area contributed by atoms with Crippen LogP contribution < -0.4 is 15.5 Å². The van der Waals surface area contributed by atoms with Crippen LogP contribution in [0.5, 0.6) is 0 Å². The van der Waals surface area contributed by atoms with Gasteiger partial charge in [-0.05, 0) is 48.9 Å². The quantitative estimate of drug-likeness (QED) is 0.208. The monoisotopic (exact) mass is 682 g/mol. The number of nitrogens with two attached hydrogens (primary N) is 1. The lowest BCUT2D eigenvalue weighted by molar-refractivity contribution is -0.123. The smallest absolute Gasteiger partial charge is 0.271 e. The molecule has 2 fully saturated rings. The van der Waals surface area contributed by atoms with E-state index in [9.17, 15) is 22.8 Å². The van der Waals surface area contributed by atoms with Gasteiger partial charge in [0.1, 0.15) is 9.75 Å². The number of anilines is 1. The maximum absolute atomic E-state index is 13.5. The number of alkyl halides is 4. The van der Waals surface area contributed by atoms with Gasteiger partial charge in [-0.2, -0.15) is 5.10 Å². The molecule has 210 valence electrons. The lowest BCUT2D eigenvalue weighted by atomic mass is 9.84. The van der Waals surface area contributed by atoms with E-state index in [1.807, 2.05) is 0 Å². The molecule has 2 aliphatic carbocycles. The molecule has 1 aliphatic heterocycles. The summed E-state index contributed by atoms with van der Waals surface area (Å²) in [5, 5.41) is 8.76. The molecule has 0 radical (unpaired) electrons. The fourth-order valence-corrected chi connectivity index (χ4v) is 8.61. The van der Waals surface area contributed by atoms with Crippen LogP contribution in [0.2, 0.25) is 0 Å². The molecule has 3 aliphatic rings. The van der Waals surface area contributed by atoms with E-state index < -0.39 is 53.7 Å². The van der Waals surface area contributed by atoms with Crippen molar-refractivity contribution in [2.45, 2.75) is 25.9 Å². The average Bonchev–Trinajstić information content (AvgIpc) is 3.30. The van der Waals surface area contributed by atoms with E-state index in [1.54, 1.807) is 19.1 Å². The minimum atomic E-state index is -3.89. The zero-order valence-electron chi connectivity index (χ0n) is 20.0. The summed E-state index contributed by atoms with van der Waals surface area (Å²) in [5.41, 5.74) is 3.71. The van der Waals surface area contributed by atoms with Gasteiger partial charge in [-0.1, -0.05) is 58.5 Å². The van der Waals surface area contributed by atoms with Gasteiger partial charge < -0.3 is 0 Å². The van der Waals surface area contributed by atoms with E-state index in [0.29, 0.717) is 11.3 Å². The molecule has 3 N–H and O–H groups in total. The summed E-state index contributed by atoms with van der Waals surface area (Å²) in [6.45, 7) is 1.62. The van der Waals surface area contributed by atoms with Crippen molar-refractivity contribution in [3.05, 3.63) is 69.7 Å². The third kappa shape index (κ3) is 3.88. The zero-order chi connectivity index (χ0) is 29.6. The number of nitrogens with one attached hydrogen (secondary N) is 1. The van der Waals surface area contributed by atoms with Gasteiger partial charge in [0.05, 0.1) is 38.2 Å². The summed E-state index contributed by atoms with van der Waals surface area (Å²) >= 11 is 39.1. The number of benzene rings is 2. The third-order valence-electron chi connectivity index (χ3n) is 7.22. The van der Waals surface area contributed by atoms with Crippen molar-refractivity contribution >= 4 is 109 Å². The van der Waals surface area contributed by atoms with Crippen LogP contribution in [0.4, 0.5) is 5.69 Å². The van der Waals surface area contributed by atoms with Gasteiger partial charge in [-0.15, -0.1) is 23.2 Å². The molecule has 16 heteroatoms. The highest BCUT2D eigenvalue weighted by Gasteiger charge is 2.87. The van der Waals surface area contributed by atoms with E-state index in [4.69, 9.17) is 74.7 Å². The van der Waals surface area contributed by atoms with Crippen LogP contribution in [0, 0.1) is 11.8 Å². The van der Waals surface area contributed by atoms with Gasteiger partial charge in [0.15, 0.2) is 4.33 Å². The van der Waals surface area contributed by atoms with Gasteiger partial charge in [-0.25, -0.2) is 23.9 Å². The highest BCUT2D eigenvalue weighted by molar-refractivity contribution is 7.89. The highest BCUT2D eigenvalue weighted by Crippen LogP contribution is 2.77. The molecule has 0 spiro atoms. The number of sulfonamides is 1. The molecular weight excluding hydrogens is 669 g/mol. The first kappa shape index (κ1) is 29.6. The number of amides is 3. The molecule has 2 bridgehead atoms. The van der Waals surface area contributed by atoms with Crippen molar-refractivity contribution in [1.82, 2.24) is 5.43 Å². The molecule has 0 aromatic heterocycles. The van der Waals surface area contributed by atoms with Crippen molar-refractivity contribution in [1.29, 1.82) is 0 Å². The Kier molecular flexibility index (Phi) is 7.08. The van der Waals surface area contributed by atoms with E-state index in [-0.39, 0.29) is 26.2 Å². The number of carbonyl (C=O) groups is 3. The van der Waals surface area contributed by atoms with E-state index in [1.165, 1.54) is 36.4 Å². The van der Waals surface area contributed by atoms with Crippen LogP contribution in [-0.4, -0.2) is 45.9 Å². The van der Waals surface area contributed by atoms with Crippen molar-refractivity contribution in [2.75, 3.05) is 4.90 Å². The Hall–Kier alpha value is -1.89. The molecule has 4 unspecified atom stereocenters. The maximum atomic E-state index is 13.5. The van der Waals surface area contributed by atoms with Crippen LogP contribution >= 0.6 is 69.6 Å². The van der Waals surface area contributed by atoms with E-state index in [0.717, 1.165) is 4.90 Å². The number of rotatable bonds is 5. The summed E-state index contributed by atoms with van der Waals surface area (Å²) in [4.78, 5) is 36.4. The fraction of sp³-hybridized carbons (Fsp3) is 0.250. The molecule has 40 heavy (non-hydrogen) atoms. The Morgan fingerprint density at radius 3 is 1.77 bits per heavy atom. The van der Waals surface area contributed by atoms with Crippen LogP contribution in [0.1, 0.15) is 22.8 Å². The standard InChI is InChI=1S/C24H16Cl6N4O5S/c1-10(32-33-19(35)12-4-8-14(9-5-12)40(31,38)39)11-2-6-13(7-3-11)34-20(36)15-16(21(34)37)23(28)18(26)17(25)22(15,27)24(23,29)30/h2-9,15-16H,1H3,(H,33,35)(H2,31,38,39)/b32-10+. The molecular formula is C24H16Cl6N4O5S. The predicted octanol–water partition coefficient (Wildman–Crippen LogP) is 4.44. The van der Waals surface area contributed by atoms with Crippen molar-refractivity contribution in [3.8, 4) is 0 Å². The summed E-state index contributed by atoms with van der Waals surface area (Å²) < 4.78 is 20.7. The van der Waals surface area contributed by atoms with Gasteiger partial charge in [0.25, 0.3) is 5.91 Å². The number of hydrogen-bond acceptors (Lipinski definition) is 6. The number of allylic oxidation sites excluding steroid dienone is 2. The second kappa shape index (κ2) is 9.57. The topological polar surface area (TPSA) is 139 Å². The second-order valence-electron chi connectivity index (χ2n) is 9.35. The van der Waals surface area contributed by atoms with Crippen molar-refractivity contribution in [2.24, 2.45) is 22.1 Å². The number of carbonyl (C=O) groups excluding carboxylic acids is 3. The first-order chi connectivity index (χ1) is 18.5. The lowest BCUT2D eigenvalue weighted by Crippen LogP contribution is -2.50. The number of hydrazone groups is 1. The number of primary sulfonamides is 1. The number of fused-ring (bicyclic) bond motifs is 5. The summed E-state index contributed by atoms with van der Waals surface area (Å²) in [7, 11) is -3.89. The Balaban J connectivity index is 1.35. The van der Waals surface area contributed by atoms with Crippen LogP contribution in [-0.2, 0) is 19.6 Å². The van der Waals surface area contributed by atoms with Crippen LogP contribution in [0.3, 0.4) is 0 Å². The number of halogens is 6. The van der Waals surface area contributed by atoms with Crippen LogP contribution in [0.15, 0.2) is 68.6 Å². The number of hydrogen-bond donors (Lipinski definition) is 2. The molecule has 2 aromatic carbocycles. The van der Waals surface area contributed by atoms with Crippen LogP contribution in [0.25, 0.3) is 0 Å². The Morgan fingerprint density at radius 1 is 0.875 bits per heavy atom. The molecule has 9 nitrogen and oxygen atoms in total. The van der Waals surface area contributed by atoms with Gasteiger partial charge in [0.2, 0.25) is 21.8 Å². The Morgan fingerprint density at radius 2 is 1.32 bits per heavy atom. The van der Waals surface area contributed by atoms with Gasteiger partial charge in [-0.3, -0.25) is 14.4 Å². The van der Waals surface area contributed by atoms with Crippen molar-refractivity contribution < 1.29 is 22.8 Å². The zero-order valence-corrected chi connectivity index (χ0v) is 25.3. The maximum Gasteiger partial charge on any atom is 0.271 e. The molecule has 1 saturated carbocycles. The van der Waals surface area contributed by atoms with E-state index >= 15 is 0 Å². The van der Waals surface area contributed by atoms with Crippen molar-refractivity contribution in [3.63, 3.8) is 0 Å². The normalized spacial score (nSPS) is 29.3. The largest absolute Gasteiger partial charge is 0.274 e. The third-order valence-corrected chi connectivity index (χ3v) is 12.4. The summed E-state index contributed by atoms with van der Waals surface area (Å²) in [6.07, 6.45) is 0. The number of imide groups is 1. The molecule has 4 atom stereocenters. The minimum Gasteiger partial charge on any atom is -0.274 e. The predicted molar refractivity (Wildman–Crippen MR) is 154 cm³/mol. The molecule has 2 aromatic rings. The molecule has 5 rings (SSSR count). The highest BCUT2D eigenvalue weighted by atomic mass is 35.5. The minimum absolute atomic E-state index is 0.135. The molecule has 1 saturated heterocycles. The first-order valence-electron chi connectivity index (χ1n) is 11.3. The Labute approximate surface area is 258 Å². The van der Waals surface area contributed by atoms with Gasteiger partial charge in [0, 0.05) is 5.56 Å². The Bertz CT molecular complexity index is 1620. The number of nitrogens with zero attached hydrogens (tertiary/aromatic N) is 2. The summed E-state index contributed by atoms with van der Waals surface area (Å²) in [6, 6.07) is 11.2.